The molecule has 0 aliphatic rings. The monoisotopic (exact) mass is 246 g/mol. The van der Waals surface area contributed by atoms with Crippen LogP contribution >= 0.6 is 0 Å². The quantitative estimate of drug-likeness (QED) is 0.457. The highest BCUT2D eigenvalue weighted by molar-refractivity contribution is 5.76. The van der Waals surface area contributed by atoms with Gasteiger partial charge in [0.25, 0.3) is 5.69 Å². The van der Waals surface area contributed by atoms with Crippen LogP contribution in [-0.2, 0) is 0 Å². The minimum atomic E-state index is -0.468. The van der Waals surface area contributed by atoms with Crippen LogP contribution < -0.4 is 0 Å². The minimum absolute atomic E-state index is 0.0302. The number of nitro groups is 1. The summed E-state index contributed by atoms with van der Waals surface area (Å²) < 4.78 is 0. The Balaban J connectivity index is 0.00000137. The molecule has 0 unspecified atom stereocenters. The number of aromatic nitrogens is 1. The highest BCUT2D eigenvalue weighted by Crippen LogP contribution is 2.22. The van der Waals surface area contributed by atoms with Crippen molar-refractivity contribution in [3.63, 3.8) is 0 Å². The molecule has 0 aromatic carbocycles. The molecule has 0 spiro atoms. The minimum Gasteiger partial charge on any atom is -0.258 e. The molecule has 0 amide bonds. The van der Waals surface area contributed by atoms with E-state index in [0.29, 0.717) is 5.56 Å². The predicted octanol–water partition coefficient (Wildman–Crippen LogP) is 4.08. The molecule has 4 heteroatoms. The van der Waals surface area contributed by atoms with Crippen molar-refractivity contribution in [2.75, 3.05) is 0 Å². The lowest BCUT2D eigenvalue weighted by molar-refractivity contribution is -0.385. The Bertz CT molecular complexity index is 477. The van der Waals surface area contributed by atoms with Crippen molar-refractivity contribution in [2.45, 2.75) is 20.8 Å². The number of allylic oxidation sites excluding steroid dienone is 4. The molecule has 1 aromatic rings. The Morgan fingerprint density at radius 1 is 1.44 bits per heavy atom. The summed E-state index contributed by atoms with van der Waals surface area (Å²) in [7, 11) is 0. The fourth-order valence-electron chi connectivity index (χ4n) is 1.31. The fraction of sp³-hybridized carbons (Fsp3) is 0.214. The van der Waals surface area contributed by atoms with Crippen molar-refractivity contribution in [3.05, 3.63) is 65.0 Å². The van der Waals surface area contributed by atoms with Crippen molar-refractivity contribution in [1.82, 2.24) is 4.98 Å². The van der Waals surface area contributed by atoms with Crippen LogP contribution in [-0.4, -0.2) is 9.91 Å². The molecule has 0 aliphatic heterocycles. The molecule has 0 saturated heterocycles. The Labute approximate surface area is 108 Å². The van der Waals surface area contributed by atoms with Crippen LogP contribution in [0.15, 0.2) is 43.6 Å². The molecule has 0 radical (unpaired) electrons. The van der Waals surface area contributed by atoms with Crippen LogP contribution in [0.2, 0.25) is 0 Å². The Hall–Kier alpha value is -2.23. The Kier molecular flexibility index (Phi) is 6.96. The largest absolute Gasteiger partial charge is 0.288 e. The summed E-state index contributed by atoms with van der Waals surface area (Å²) in [5, 5.41) is 10.6. The van der Waals surface area contributed by atoms with Gasteiger partial charge in [-0.1, -0.05) is 45.2 Å². The van der Waals surface area contributed by atoms with Crippen LogP contribution in [0.1, 0.15) is 25.1 Å². The van der Waals surface area contributed by atoms with E-state index in [1.54, 1.807) is 25.2 Å². The summed E-state index contributed by atoms with van der Waals surface area (Å²) in [4.78, 5) is 14.2. The zero-order chi connectivity index (χ0) is 14.1. The van der Waals surface area contributed by atoms with Crippen molar-refractivity contribution < 1.29 is 4.92 Å². The molecule has 96 valence electrons. The summed E-state index contributed by atoms with van der Waals surface area (Å²) in [6.07, 6.45) is 6.21. The van der Waals surface area contributed by atoms with E-state index in [2.05, 4.69) is 18.1 Å². The molecule has 0 aliphatic carbocycles. The van der Waals surface area contributed by atoms with E-state index in [9.17, 15) is 10.1 Å². The maximum absolute atomic E-state index is 10.6. The summed E-state index contributed by atoms with van der Waals surface area (Å²) >= 11 is 0. The van der Waals surface area contributed by atoms with E-state index in [-0.39, 0.29) is 5.69 Å². The first kappa shape index (κ1) is 15.8. The van der Waals surface area contributed by atoms with E-state index in [1.807, 2.05) is 13.8 Å². The van der Waals surface area contributed by atoms with Gasteiger partial charge in [-0.2, -0.15) is 0 Å². The van der Waals surface area contributed by atoms with Crippen molar-refractivity contribution in [1.29, 1.82) is 0 Å². The average molecular weight is 246 g/mol. The molecule has 0 saturated carbocycles. The molecule has 1 rings (SSSR count). The van der Waals surface area contributed by atoms with Gasteiger partial charge < -0.3 is 0 Å². The van der Waals surface area contributed by atoms with Gasteiger partial charge in [0.05, 0.1) is 4.92 Å². The first-order valence-corrected chi connectivity index (χ1v) is 5.66. The number of aryl methyl sites for hydroxylation is 1. The molecular formula is C14H18N2O2. The van der Waals surface area contributed by atoms with Gasteiger partial charge in [-0.05, 0) is 12.5 Å². The summed E-state index contributed by atoms with van der Waals surface area (Å²) in [5.74, 6) is 0. The van der Waals surface area contributed by atoms with E-state index in [4.69, 9.17) is 0 Å². The van der Waals surface area contributed by atoms with Gasteiger partial charge in [0.2, 0.25) is 0 Å². The van der Waals surface area contributed by atoms with Gasteiger partial charge in [0.15, 0.2) is 0 Å². The summed E-state index contributed by atoms with van der Waals surface area (Å²) in [6, 6.07) is 1.49. The van der Waals surface area contributed by atoms with Crippen molar-refractivity contribution in [3.8, 4) is 0 Å². The summed E-state index contributed by atoms with van der Waals surface area (Å²) in [6.45, 7) is 13.0. The number of hydrogen-bond donors (Lipinski definition) is 0. The maximum atomic E-state index is 10.6. The van der Waals surface area contributed by atoms with Gasteiger partial charge in [-0.3, -0.25) is 15.1 Å². The molecule has 1 heterocycles. The third kappa shape index (κ3) is 3.97. The molecule has 0 atom stereocenters. The van der Waals surface area contributed by atoms with Crippen molar-refractivity contribution in [2.24, 2.45) is 0 Å². The molecule has 0 fully saturated rings. The smallest absolute Gasteiger partial charge is 0.258 e. The van der Waals surface area contributed by atoms with Crippen molar-refractivity contribution >= 4 is 11.3 Å². The predicted molar refractivity (Wildman–Crippen MR) is 75.3 cm³/mol. The molecule has 0 bridgehead atoms. The maximum Gasteiger partial charge on any atom is 0.288 e. The average Bonchev–Trinajstić information content (AvgIpc) is 2.39. The van der Waals surface area contributed by atoms with Gasteiger partial charge in [-0.15, -0.1) is 0 Å². The zero-order valence-corrected chi connectivity index (χ0v) is 11.0. The van der Waals surface area contributed by atoms with E-state index in [0.717, 1.165) is 11.3 Å². The lowest BCUT2D eigenvalue weighted by atomic mass is 10.0. The normalized spacial score (nSPS) is 10.1. The third-order valence-corrected chi connectivity index (χ3v) is 2.11. The second-order valence-corrected chi connectivity index (χ2v) is 3.15. The van der Waals surface area contributed by atoms with Crippen LogP contribution in [0.3, 0.4) is 0 Å². The van der Waals surface area contributed by atoms with Gasteiger partial charge in [0.1, 0.15) is 6.20 Å². The van der Waals surface area contributed by atoms with E-state index >= 15 is 0 Å². The second kappa shape index (κ2) is 7.95. The highest BCUT2D eigenvalue weighted by Gasteiger charge is 2.11. The first-order valence-electron chi connectivity index (χ1n) is 5.66. The zero-order valence-electron chi connectivity index (χ0n) is 11.0. The molecule has 0 N–H and O–H groups in total. The third-order valence-electron chi connectivity index (χ3n) is 2.11. The van der Waals surface area contributed by atoms with Crippen LogP contribution in [0, 0.1) is 17.0 Å². The lowest BCUT2D eigenvalue weighted by Crippen LogP contribution is -1.95. The van der Waals surface area contributed by atoms with Gasteiger partial charge in [-0.25, -0.2) is 0 Å². The fourth-order valence-corrected chi connectivity index (χ4v) is 1.31. The van der Waals surface area contributed by atoms with Crippen LogP contribution in [0.25, 0.3) is 5.57 Å². The molecule has 4 nitrogen and oxygen atoms in total. The topological polar surface area (TPSA) is 56.0 Å². The van der Waals surface area contributed by atoms with Gasteiger partial charge in [0, 0.05) is 17.3 Å². The van der Waals surface area contributed by atoms with E-state index < -0.39 is 4.92 Å². The summed E-state index contributed by atoms with van der Waals surface area (Å²) in [5.41, 5.74) is 2.16. The number of rotatable bonds is 4. The van der Waals surface area contributed by atoms with Gasteiger partial charge >= 0.3 is 0 Å². The van der Waals surface area contributed by atoms with Crippen LogP contribution in [0.4, 0.5) is 5.69 Å². The number of nitrogens with zero attached hydrogens (tertiary/aromatic N) is 2. The highest BCUT2D eigenvalue weighted by atomic mass is 16.6. The molecule has 1 aromatic heterocycles. The first-order chi connectivity index (χ1) is 8.60. The van der Waals surface area contributed by atoms with Crippen LogP contribution in [0.5, 0.6) is 0 Å². The Morgan fingerprint density at radius 3 is 2.50 bits per heavy atom. The SMILES string of the molecule is C=C/C=C(\C=C)c1cc([N+](=O)[O-])cnc1C.CC. The Morgan fingerprint density at radius 2 is 2.06 bits per heavy atom. The number of hydrogen-bond acceptors (Lipinski definition) is 3. The molecule has 18 heavy (non-hydrogen) atoms. The number of pyridine rings is 1. The van der Waals surface area contributed by atoms with E-state index in [1.165, 1.54) is 12.3 Å². The standard InChI is InChI=1S/C12H12N2O2.C2H6/c1-4-6-10(5-2)12-7-11(14(15)16)8-13-9(12)3;1-2/h4-8H,1-2H2,3H3;1-2H3/b10-6+;. The molecular weight excluding hydrogens is 228 g/mol. The lowest BCUT2D eigenvalue weighted by Gasteiger charge is -2.04. The second-order valence-electron chi connectivity index (χ2n) is 3.15.